The van der Waals surface area contributed by atoms with Gasteiger partial charge in [-0.3, -0.25) is 4.90 Å². The van der Waals surface area contributed by atoms with Gasteiger partial charge in [-0.25, -0.2) is 9.59 Å². The molecule has 0 aromatic rings. The number of aliphatic hydroxyl groups excluding tert-OH is 1. The number of amides is 1. The Labute approximate surface area is 113 Å². The molecule has 0 aromatic heterocycles. The van der Waals surface area contributed by atoms with Crippen LogP contribution in [0, 0.1) is 0 Å². The average Bonchev–Trinajstić information content (AvgIpc) is 2.55. The summed E-state index contributed by atoms with van der Waals surface area (Å²) in [5.74, 6) is -0.606. The molecule has 19 heavy (non-hydrogen) atoms. The second-order valence-corrected chi connectivity index (χ2v) is 5.80. The van der Waals surface area contributed by atoms with Gasteiger partial charge >= 0.3 is 12.1 Å². The van der Waals surface area contributed by atoms with E-state index >= 15 is 0 Å². The summed E-state index contributed by atoms with van der Waals surface area (Å²) >= 11 is 0. The number of aliphatic hydroxyl groups is 1. The lowest BCUT2D eigenvalue weighted by Crippen LogP contribution is -2.57. The largest absolute Gasteiger partial charge is 0.464 e. The van der Waals surface area contributed by atoms with Crippen LogP contribution in [0.25, 0.3) is 0 Å². The Bertz CT molecular complexity index is 363. The van der Waals surface area contributed by atoms with Gasteiger partial charge in [0.25, 0.3) is 0 Å². The summed E-state index contributed by atoms with van der Waals surface area (Å²) in [4.78, 5) is 25.4. The number of esters is 1. The number of rotatable bonds is 2. The molecule has 1 amide bonds. The molecule has 2 atom stereocenters. The van der Waals surface area contributed by atoms with Crippen LogP contribution >= 0.6 is 0 Å². The molecule has 1 saturated heterocycles. The third kappa shape index (κ3) is 3.18. The van der Waals surface area contributed by atoms with Crippen LogP contribution in [0.3, 0.4) is 0 Å². The normalized spacial score (nSPS) is 27.3. The van der Waals surface area contributed by atoms with Crippen molar-refractivity contribution < 1.29 is 24.2 Å². The van der Waals surface area contributed by atoms with Crippen LogP contribution in [0.2, 0.25) is 0 Å². The molecule has 1 rings (SSSR count). The van der Waals surface area contributed by atoms with Gasteiger partial charge in [-0.2, -0.15) is 0 Å². The number of nitrogens with zero attached hydrogens (tertiary/aromatic N) is 1. The van der Waals surface area contributed by atoms with Gasteiger partial charge in [-0.15, -0.1) is 0 Å². The zero-order valence-electron chi connectivity index (χ0n) is 12.2. The van der Waals surface area contributed by atoms with E-state index in [1.54, 1.807) is 27.7 Å². The van der Waals surface area contributed by atoms with Crippen LogP contribution in [-0.2, 0) is 14.3 Å². The van der Waals surface area contributed by atoms with Crippen LogP contribution in [-0.4, -0.2) is 52.5 Å². The topological polar surface area (TPSA) is 76.1 Å². The smallest absolute Gasteiger partial charge is 0.411 e. The van der Waals surface area contributed by atoms with Crippen molar-refractivity contribution in [3.8, 4) is 0 Å². The molecule has 0 aliphatic carbocycles. The summed E-state index contributed by atoms with van der Waals surface area (Å²) in [5, 5.41) is 10.0. The van der Waals surface area contributed by atoms with Gasteiger partial charge < -0.3 is 14.6 Å². The minimum atomic E-state index is -1.38. The Morgan fingerprint density at radius 3 is 2.47 bits per heavy atom. The predicted molar refractivity (Wildman–Crippen MR) is 68.6 cm³/mol. The van der Waals surface area contributed by atoms with Crippen LogP contribution in [0.5, 0.6) is 0 Å². The molecule has 1 fully saturated rings. The van der Waals surface area contributed by atoms with Gasteiger partial charge in [-0.05, 0) is 41.0 Å². The molecule has 1 aliphatic rings. The molecule has 1 aliphatic heterocycles. The van der Waals surface area contributed by atoms with Crippen molar-refractivity contribution in [2.24, 2.45) is 0 Å². The summed E-state index contributed by atoms with van der Waals surface area (Å²) in [7, 11) is 0. The predicted octanol–water partition coefficient (Wildman–Crippen LogP) is 1.31. The van der Waals surface area contributed by atoms with E-state index in [-0.39, 0.29) is 13.2 Å². The Balaban J connectivity index is 2.93. The molecule has 0 radical (unpaired) electrons. The van der Waals surface area contributed by atoms with E-state index < -0.39 is 29.3 Å². The highest BCUT2D eigenvalue weighted by atomic mass is 16.6. The number of hydrogen-bond acceptors (Lipinski definition) is 5. The first kappa shape index (κ1) is 15.8. The number of carbonyl (C=O) groups excluding carboxylic acids is 2. The van der Waals surface area contributed by atoms with Crippen molar-refractivity contribution in [2.45, 2.75) is 58.3 Å². The molecule has 2 unspecified atom stereocenters. The van der Waals surface area contributed by atoms with E-state index in [4.69, 9.17) is 9.47 Å². The standard InChI is InChI=1S/C13H23NO5/c1-6-18-10(16)13(5)9(15)7-8-14(13)11(17)19-12(2,3)4/h9,15H,6-8H2,1-5H3. The first-order valence-corrected chi connectivity index (χ1v) is 6.48. The van der Waals surface area contributed by atoms with Crippen molar-refractivity contribution in [3.63, 3.8) is 0 Å². The van der Waals surface area contributed by atoms with Crippen molar-refractivity contribution in [3.05, 3.63) is 0 Å². The molecule has 0 aromatic carbocycles. The Morgan fingerprint density at radius 2 is 2.00 bits per heavy atom. The first-order chi connectivity index (χ1) is 8.63. The van der Waals surface area contributed by atoms with E-state index in [2.05, 4.69) is 0 Å². The fourth-order valence-corrected chi connectivity index (χ4v) is 2.07. The first-order valence-electron chi connectivity index (χ1n) is 6.48. The zero-order valence-corrected chi connectivity index (χ0v) is 12.2. The average molecular weight is 273 g/mol. The Morgan fingerprint density at radius 1 is 1.42 bits per heavy atom. The van der Waals surface area contributed by atoms with Crippen molar-refractivity contribution >= 4 is 12.1 Å². The van der Waals surface area contributed by atoms with E-state index in [1.165, 1.54) is 11.8 Å². The van der Waals surface area contributed by atoms with Crippen LogP contribution in [0.4, 0.5) is 4.79 Å². The molecule has 0 saturated carbocycles. The summed E-state index contributed by atoms with van der Waals surface area (Å²) in [5.41, 5.74) is -2.03. The van der Waals surface area contributed by atoms with Crippen molar-refractivity contribution in [2.75, 3.05) is 13.2 Å². The number of likely N-dealkylation sites (tertiary alicyclic amines) is 1. The third-order valence-electron chi connectivity index (χ3n) is 3.14. The summed E-state index contributed by atoms with van der Waals surface area (Å²) < 4.78 is 10.2. The zero-order chi connectivity index (χ0) is 14.8. The molecule has 1 N–H and O–H groups in total. The maximum absolute atomic E-state index is 12.1. The molecule has 1 heterocycles. The molecule has 110 valence electrons. The lowest BCUT2D eigenvalue weighted by molar-refractivity contribution is -0.159. The summed E-state index contributed by atoms with van der Waals surface area (Å²) in [6.07, 6.45) is -1.23. The molecular formula is C13H23NO5. The third-order valence-corrected chi connectivity index (χ3v) is 3.14. The minimum Gasteiger partial charge on any atom is -0.464 e. The number of carbonyl (C=O) groups is 2. The van der Waals surface area contributed by atoms with Crippen LogP contribution in [0.15, 0.2) is 0 Å². The van der Waals surface area contributed by atoms with Gasteiger partial charge in [0.2, 0.25) is 0 Å². The molecule has 6 heteroatoms. The Hall–Kier alpha value is -1.30. The second kappa shape index (κ2) is 5.36. The minimum absolute atomic E-state index is 0.198. The van der Waals surface area contributed by atoms with E-state index in [0.29, 0.717) is 6.42 Å². The van der Waals surface area contributed by atoms with Crippen LogP contribution in [0.1, 0.15) is 41.0 Å². The lowest BCUT2D eigenvalue weighted by atomic mass is 9.96. The molecule has 0 spiro atoms. The van der Waals surface area contributed by atoms with Crippen molar-refractivity contribution in [1.82, 2.24) is 4.90 Å². The van der Waals surface area contributed by atoms with Gasteiger partial charge in [0.05, 0.1) is 12.7 Å². The van der Waals surface area contributed by atoms with E-state index in [9.17, 15) is 14.7 Å². The fourth-order valence-electron chi connectivity index (χ4n) is 2.07. The maximum Gasteiger partial charge on any atom is 0.411 e. The SMILES string of the molecule is CCOC(=O)C1(C)C(O)CCN1C(=O)OC(C)(C)C. The quantitative estimate of drug-likeness (QED) is 0.768. The monoisotopic (exact) mass is 273 g/mol. The summed E-state index contributed by atoms with van der Waals surface area (Å²) in [6, 6.07) is 0. The summed E-state index contributed by atoms with van der Waals surface area (Å²) in [6.45, 7) is 8.90. The second-order valence-electron chi connectivity index (χ2n) is 5.80. The highest BCUT2D eigenvalue weighted by Crippen LogP contribution is 2.32. The number of hydrogen-bond donors (Lipinski definition) is 1. The Kier molecular flexibility index (Phi) is 4.45. The maximum atomic E-state index is 12.1. The van der Waals surface area contributed by atoms with Gasteiger partial charge in [0.15, 0.2) is 5.54 Å². The number of ether oxygens (including phenoxy) is 2. The highest BCUT2D eigenvalue weighted by Gasteiger charge is 2.54. The van der Waals surface area contributed by atoms with Gasteiger partial charge in [0, 0.05) is 6.54 Å². The van der Waals surface area contributed by atoms with Gasteiger partial charge in [0.1, 0.15) is 5.60 Å². The van der Waals surface area contributed by atoms with Crippen LogP contribution < -0.4 is 0 Å². The van der Waals surface area contributed by atoms with Crippen molar-refractivity contribution in [1.29, 1.82) is 0 Å². The molecule has 6 nitrogen and oxygen atoms in total. The van der Waals surface area contributed by atoms with E-state index in [1.807, 2.05) is 0 Å². The molecular weight excluding hydrogens is 250 g/mol. The molecule has 0 bridgehead atoms. The highest BCUT2D eigenvalue weighted by molar-refractivity contribution is 5.87. The van der Waals surface area contributed by atoms with Gasteiger partial charge in [-0.1, -0.05) is 0 Å². The lowest BCUT2D eigenvalue weighted by Gasteiger charge is -2.35. The van der Waals surface area contributed by atoms with E-state index in [0.717, 1.165) is 0 Å². The fraction of sp³-hybridized carbons (Fsp3) is 0.846.